The highest BCUT2D eigenvalue weighted by molar-refractivity contribution is 8.16. The molecule has 2 aliphatic rings. The first-order valence-corrected chi connectivity index (χ1v) is 10.8. The number of rotatable bonds is 3. The lowest BCUT2D eigenvalue weighted by atomic mass is 10.1. The molecule has 130 valence electrons. The van der Waals surface area contributed by atoms with Crippen LogP contribution < -0.4 is 4.90 Å². The molecule has 0 N–H and O–H groups in total. The Hall–Kier alpha value is -1.34. The molecule has 2 atom stereocenters. The number of sulfone groups is 1. The van der Waals surface area contributed by atoms with Gasteiger partial charge in [-0.2, -0.15) is 4.99 Å². The maximum absolute atomic E-state index is 12.1. The van der Waals surface area contributed by atoms with Crippen LogP contribution in [0.1, 0.15) is 25.8 Å². The number of aliphatic imine (C=N–C) groups is 1. The van der Waals surface area contributed by atoms with Crippen molar-refractivity contribution < 1.29 is 13.2 Å². The monoisotopic (exact) mass is 366 g/mol. The van der Waals surface area contributed by atoms with Gasteiger partial charge in [-0.3, -0.25) is 4.79 Å². The molecule has 24 heavy (non-hydrogen) atoms. The van der Waals surface area contributed by atoms with E-state index >= 15 is 0 Å². The minimum absolute atomic E-state index is 0.0538. The van der Waals surface area contributed by atoms with Gasteiger partial charge >= 0.3 is 0 Å². The standard InChI is InChI=1S/C17H22N2O3S2/c1-11(2)8-16(20)18-17-19(13-6-4-12(3)5-7-13)14-9-24(21,22)10-15(14)23-17/h4-7,11,14-15H,8-10H2,1-3H3/t14-,15-/m1/s1. The third kappa shape index (κ3) is 3.67. The molecule has 1 amide bonds. The van der Waals surface area contributed by atoms with E-state index in [0.29, 0.717) is 11.6 Å². The zero-order chi connectivity index (χ0) is 17.5. The van der Waals surface area contributed by atoms with Gasteiger partial charge in [0.2, 0.25) is 5.91 Å². The summed E-state index contributed by atoms with van der Waals surface area (Å²) in [4.78, 5) is 18.4. The second kappa shape index (κ2) is 6.52. The quantitative estimate of drug-likeness (QED) is 0.823. The van der Waals surface area contributed by atoms with E-state index in [1.54, 1.807) is 0 Å². The molecule has 2 fully saturated rings. The number of aryl methyl sites for hydroxylation is 1. The molecule has 1 aromatic rings. The number of amides is 1. The number of carbonyl (C=O) groups excluding carboxylic acids is 1. The van der Waals surface area contributed by atoms with E-state index in [-0.39, 0.29) is 34.6 Å². The first kappa shape index (κ1) is 17.5. The van der Waals surface area contributed by atoms with Crippen LogP contribution in [0.5, 0.6) is 0 Å². The van der Waals surface area contributed by atoms with Crippen molar-refractivity contribution in [1.82, 2.24) is 0 Å². The van der Waals surface area contributed by atoms with Gasteiger partial charge in [0.25, 0.3) is 0 Å². The third-order valence-electron chi connectivity index (χ3n) is 4.18. The highest BCUT2D eigenvalue weighted by atomic mass is 32.2. The third-order valence-corrected chi connectivity index (χ3v) is 7.39. The van der Waals surface area contributed by atoms with Crippen LogP contribution in [0.2, 0.25) is 0 Å². The summed E-state index contributed by atoms with van der Waals surface area (Å²) in [6.45, 7) is 5.98. The van der Waals surface area contributed by atoms with Gasteiger partial charge in [-0.1, -0.05) is 43.3 Å². The number of benzene rings is 1. The number of carbonyl (C=O) groups is 1. The van der Waals surface area contributed by atoms with Crippen molar-refractivity contribution in [3.63, 3.8) is 0 Å². The van der Waals surface area contributed by atoms with Crippen LogP contribution in [0.25, 0.3) is 0 Å². The second-order valence-corrected chi connectivity index (χ2v) is 10.3. The summed E-state index contributed by atoms with van der Waals surface area (Å²) in [7, 11) is -3.03. The van der Waals surface area contributed by atoms with E-state index in [0.717, 1.165) is 11.3 Å². The highest BCUT2D eigenvalue weighted by Gasteiger charge is 2.49. The summed E-state index contributed by atoms with van der Waals surface area (Å²) in [5.74, 6) is 0.381. The largest absolute Gasteiger partial charge is 0.316 e. The number of fused-ring (bicyclic) bond motifs is 1. The van der Waals surface area contributed by atoms with Crippen molar-refractivity contribution in [3.8, 4) is 0 Å². The Morgan fingerprint density at radius 1 is 1.29 bits per heavy atom. The molecule has 0 spiro atoms. The Labute approximate surface area is 147 Å². The van der Waals surface area contributed by atoms with Gasteiger partial charge in [-0.15, -0.1) is 0 Å². The van der Waals surface area contributed by atoms with Crippen LogP contribution in [0.4, 0.5) is 5.69 Å². The summed E-state index contributed by atoms with van der Waals surface area (Å²) in [6.07, 6.45) is 0.402. The molecule has 0 radical (unpaired) electrons. The van der Waals surface area contributed by atoms with Crippen LogP contribution in [0.15, 0.2) is 29.3 Å². The minimum Gasteiger partial charge on any atom is -0.316 e. The van der Waals surface area contributed by atoms with Crippen LogP contribution in [0.3, 0.4) is 0 Å². The number of hydrogen-bond donors (Lipinski definition) is 0. The van der Waals surface area contributed by atoms with Gasteiger partial charge in [0, 0.05) is 17.4 Å². The molecule has 2 saturated heterocycles. The fourth-order valence-electron chi connectivity index (χ4n) is 3.07. The molecule has 0 saturated carbocycles. The Kier molecular flexibility index (Phi) is 4.75. The molecule has 0 aromatic heterocycles. The Bertz CT molecular complexity index is 770. The zero-order valence-corrected chi connectivity index (χ0v) is 15.7. The molecule has 1 aromatic carbocycles. The predicted octanol–water partition coefficient (Wildman–Crippen LogP) is 2.64. The van der Waals surface area contributed by atoms with E-state index in [1.165, 1.54) is 11.8 Å². The first-order valence-electron chi connectivity index (χ1n) is 8.09. The molecular formula is C17H22N2O3S2. The topological polar surface area (TPSA) is 66.8 Å². The van der Waals surface area contributed by atoms with Crippen molar-refractivity contribution in [2.24, 2.45) is 10.9 Å². The van der Waals surface area contributed by atoms with Crippen LogP contribution in [-0.4, -0.2) is 42.3 Å². The van der Waals surface area contributed by atoms with Gasteiger partial charge in [-0.25, -0.2) is 8.42 Å². The van der Waals surface area contributed by atoms with E-state index in [2.05, 4.69) is 4.99 Å². The maximum atomic E-state index is 12.1. The van der Waals surface area contributed by atoms with E-state index < -0.39 is 9.84 Å². The Morgan fingerprint density at radius 2 is 1.96 bits per heavy atom. The Balaban J connectivity index is 1.95. The van der Waals surface area contributed by atoms with Gasteiger partial charge in [0.05, 0.1) is 17.5 Å². The molecule has 0 bridgehead atoms. The normalized spacial score (nSPS) is 27.0. The average molecular weight is 367 g/mol. The van der Waals surface area contributed by atoms with Crippen molar-refractivity contribution in [1.29, 1.82) is 0 Å². The molecule has 0 unspecified atom stereocenters. The lowest BCUT2D eigenvalue weighted by Crippen LogP contribution is -2.37. The minimum atomic E-state index is -3.03. The van der Waals surface area contributed by atoms with E-state index in [4.69, 9.17) is 0 Å². The van der Waals surface area contributed by atoms with Gasteiger partial charge in [0.15, 0.2) is 15.0 Å². The van der Waals surface area contributed by atoms with Gasteiger partial charge in [0.1, 0.15) is 0 Å². The fourth-order valence-corrected chi connectivity index (χ4v) is 7.00. The predicted molar refractivity (Wildman–Crippen MR) is 99.4 cm³/mol. The Morgan fingerprint density at radius 3 is 2.58 bits per heavy atom. The first-order chi connectivity index (χ1) is 11.2. The number of anilines is 1. The lowest BCUT2D eigenvalue weighted by Gasteiger charge is -2.24. The van der Waals surface area contributed by atoms with Gasteiger partial charge < -0.3 is 4.90 Å². The van der Waals surface area contributed by atoms with Gasteiger partial charge in [-0.05, 0) is 25.0 Å². The second-order valence-electron chi connectivity index (χ2n) is 6.89. The summed E-state index contributed by atoms with van der Waals surface area (Å²) < 4.78 is 24.0. The molecular weight excluding hydrogens is 344 g/mol. The summed E-state index contributed by atoms with van der Waals surface area (Å²) in [5, 5.41) is 0.580. The van der Waals surface area contributed by atoms with Crippen molar-refractivity contribution in [3.05, 3.63) is 29.8 Å². The molecule has 5 nitrogen and oxygen atoms in total. The fraction of sp³-hybridized carbons (Fsp3) is 0.529. The molecule has 7 heteroatoms. The summed E-state index contributed by atoms with van der Waals surface area (Å²) >= 11 is 1.42. The maximum Gasteiger partial charge on any atom is 0.248 e. The molecule has 2 aliphatic heterocycles. The molecule has 0 aliphatic carbocycles. The number of thioether (sulfide) groups is 1. The average Bonchev–Trinajstić information content (AvgIpc) is 2.90. The molecule has 2 heterocycles. The van der Waals surface area contributed by atoms with Crippen LogP contribution in [0, 0.1) is 12.8 Å². The van der Waals surface area contributed by atoms with E-state index in [9.17, 15) is 13.2 Å². The number of hydrogen-bond acceptors (Lipinski definition) is 4. The van der Waals surface area contributed by atoms with Crippen LogP contribution >= 0.6 is 11.8 Å². The lowest BCUT2D eigenvalue weighted by molar-refractivity contribution is -0.118. The SMILES string of the molecule is Cc1ccc(N2C(=NC(=O)CC(C)C)S[C@@H]3CS(=O)(=O)C[C@H]32)cc1. The molecule has 3 rings (SSSR count). The van der Waals surface area contributed by atoms with Crippen LogP contribution in [-0.2, 0) is 14.6 Å². The smallest absolute Gasteiger partial charge is 0.248 e. The summed E-state index contributed by atoms with van der Waals surface area (Å²) in [6, 6.07) is 7.76. The number of nitrogens with zero attached hydrogens (tertiary/aromatic N) is 2. The number of amidine groups is 1. The van der Waals surface area contributed by atoms with Crippen molar-refractivity contribution in [2.75, 3.05) is 16.4 Å². The van der Waals surface area contributed by atoms with Crippen molar-refractivity contribution >= 4 is 38.4 Å². The zero-order valence-electron chi connectivity index (χ0n) is 14.1. The van der Waals surface area contributed by atoms with E-state index in [1.807, 2.05) is 49.9 Å². The highest BCUT2D eigenvalue weighted by Crippen LogP contribution is 2.41. The van der Waals surface area contributed by atoms with Crippen molar-refractivity contribution in [2.45, 2.75) is 38.5 Å². The summed E-state index contributed by atoms with van der Waals surface area (Å²) in [5.41, 5.74) is 2.03.